The molecule has 2 rings (SSSR count). The zero-order valence-electron chi connectivity index (χ0n) is 12.1. The molecule has 6 nitrogen and oxygen atoms in total. The van der Waals surface area contributed by atoms with Gasteiger partial charge in [0.2, 0.25) is 0 Å². The van der Waals surface area contributed by atoms with E-state index in [1.54, 1.807) is 4.57 Å². The molecule has 0 spiro atoms. The Morgan fingerprint density at radius 2 is 2.19 bits per heavy atom. The molecule has 0 atom stereocenters. The van der Waals surface area contributed by atoms with Gasteiger partial charge in [-0.05, 0) is 32.3 Å². The lowest BCUT2D eigenvalue weighted by Gasteiger charge is -2.39. The Hall–Kier alpha value is -1.05. The van der Waals surface area contributed by atoms with Crippen LogP contribution in [0.25, 0.3) is 0 Å². The molecular formula is C13H19ClN2O4S. The van der Waals surface area contributed by atoms with Crippen molar-refractivity contribution in [2.75, 3.05) is 13.7 Å². The zero-order valence-corrected chi connectivity index (χ0v) is 13.6. The van der Waals surface area contributed by atoms with Crippen molar-refractivity contribution in [2.45, 2.75) is 43.2 Å². The van der Waals surface area contributed by atoms with Crippen molar-refractivity contribution in [3.8, 4) is 0 Å². The molecule has 1 N–H and O–H groups in total. The van der Waals surface area contributed by atoms with Crippen molar-refractivity contribution in [2.24, 2.45) is 0 Å². The number of nitrogens with one attached hydrogen (secondary N) is 1. The van der Waals surface area contributed by atoms with Crippen LogP contribution in [0.4, 0.5) is 0 Å². The van der Waals surface area contributed by atoms with Crippen molar-refractivity contribution in [1.29, 1.82) is 0 Å². The highest BCUT2D eigenvalue weighted by molar-refractivity contribution is 8.13. The summed E-state index contributed by atoms with van der Waals surface area (Å²) in [5.74, 6) is -0.292. The predicted octanol–water partition coefficient (Wildman–Crippen LogP) is 1.73. The predicted molar refractivity (Wildman–Crippen MR) is 79.1 cm³/mol. The normalized spacial score (nSPS) is 17.3. The van der Waals surface area contributed by atoms with Crippen molar-refractivity contribution in [3.05, 3.63) is 18.0 Å². The molecule has 0 unspecified atom stereocenters. The second-order valence-corrected chi connectivity index (χ2v) is 8.12. The molecular weight excluding hydrogens is 316 g/mol. The number of carbonyl (C=O) groups excluding carboxylic acids is 1. The van der Waals surface area contributed by atoms with Crippen molar-refractivity contribution >= 4 is 25.6 Å². The smallest absolute Gasteiger partial charge is 0.268 e. The fourth-order valence-corrected chi connectivity index (χ4v) is 3.11. The maximum atomic E-state index is 12.4. The molecule has 1 aromatic heterocycles. The van der Waals surface area contributed by atoms with Crippen LogP contribution in [0, 0.1) is 0 Å². The molecule has 0 radical (unpaired) electrons. The second-order valence-electron chi connectivity index (χ2n) is 5.55. The van der Waals surface area contributed by atoms with Gasteiger partial charge in [-0.1, -0.05) is 0 Å². The van der Waals surface area contributed by atoms with Gasteiger partial charge in [0.15, 0.2) is 0 Å². The third kappa shape index (κ3) is 3.78. The fourth-order valence-electron chi connectivity index (χ4n) is 2.35. The van der Waals surface area contributed by atoms with Crippen LogP contribution >= 0.6 is 10.7 Å². The van der Waals surface area contributed by atoms with E-state index in [-0.39, 0.29) is 22.0 Å². The quantitative estimate of drug-likeness (QED) is 0.804. The minimum atomic E-state index is -3.87. The molecule has 8 heteroatoms. The van der Waals surface area contributed by atoms with Crippen LogP contribution in [0.3, 0.4) is 0 Å². The molecule has 1 aliphatic rings. The number of halogens is 1. The van der Waals surface area contributed by atoms with Crippen LogP contribution in [0.5, 0.6) is 0 Å². The summed E-state index contributed by atoms with van der Waals surface area (Å²) in [6, 6.07) is 1.30. The van der Waals surface area contributed by atoms with Crippen LogP contribution in [-0.4, -0.2) is 38.1 Å². The number of carbonyl (C=O) groups is 1. The zero-order chi connectivity index (χ0) is 15.7. The third-order valence-corrected chi connectivity index (χ3v) is 5.12. The Kier molecular flexibility index (Phi) is 4.65. The maximum Gasteiger partial charge on any atom is 0.268 e. The first-order valence-electron chi connectivity index (χ1n) is 6.71. The lowest BCUT2D eigenvalue weighted by Crippen LogP contribution is -2.51. The first-order chi connectivity index (χ1) is 9.75. The summed E-state index contributed by atoms with van der Waals surface area (Å²) in [4.78, 5) is 12.3. The Balaban J connectivity index is 2.26. The Labute approximate surface area is 128 Å². The summed E-state index contributed by atoms with van der Waals surface area (Å²) in [5.41, 5.74) is 0.0763. The minimum absolute atomic E-state index is 0.0795. The van der Waals surface area contributed by atoms with Gasteiger partial charge in [0.25, 0.3) is 15.0 Å². The van der Waals surface area contributed by atoms with Crippen molar-refractivity contribution in [1.82, 2.24) is 9.88 Å². The summed E-state index contributed by atoms with van der Waals surface area (Å²) < 4.78 is 29.4. The summed E-state index contributed by atoms with van der Waals surface area (Å²) in [5, 5.41) is 2.95. The number of hydrogen-bond acceptors (Lipinski definition) is 4. The standard InChI is InChI=1S/C13H19ClN2O4S/c1-13(4-3-5-13)15-12(17)11-8-10(21(14,18)19)9-16(11)6-7-20-2/h8-9H,3-7H2,1-2H3,(H,15,17). The Morgan fingerprint density at radius 3 is 2.67 bits per heavy atom. The van der Waals surface area contributed by atoms with Gasteiger partial charge in [-0.25, -0.2) is 8.42 Å². The van der Waals surface area contributed by atoms with Crippen molar-refractivity contribution < 1.29 is 17.9 Å². The largest absolute Gasteiger partial charge is 0.383 e. The number of nitrogens with zero attached hydrogens (tertiary/aromatic N) is 1. The first kappa shape index (κ1) is 16.3. The van der Waals surface area contributed by atoms with Gasteiger partial charge in [-0.15, -0.1) is 0 Å². The number of hydrogen-bond donors (Lipinski definition) is 1. The van der Waals surface area contributed by atoms with E-state index in [2.05, 4.69) is 5.32 Å². The highest BCUT2D eigenvalue weighted by Gasteiger charge is 2.34. The van der Waals surface area contributed by atoms with Gasteiger partial charge in [0, 0.05) is 36.1 Å². The van der Waals surface area contributed by atoms with Gasteiger partial charge in [-0.3, -0.25) is 4.79 Å². The summed E-state index contributed by atoms with van der Waals surface area (Å²) in [6.07, 6.45) is 4.30. The SMILES string of the molecule is COCCn1cc(S(=O)(=O)Cl)cc1C(=O)NC1(C)CCC1. The molecule has 0 bridgehead atoms. The van der Waals surface area contributed by atoms with Crippen molar-refractivity contribution in [3.63, 3.8) is 0 Å². The lowest BCUT2D eigenvalue weighted by atomic mass is 9.78. The van der Waals surface area contributed by atoms with Crippen LogP contribution in [0.15, 0.2) is 17.2 Å². The monoisotopic (exact) mass is 334 g/mol. The molecule has 118 valence electrons. The van der Waals surface area contributed by atoms with E-state index in [1.165, 1.54) is 19.4 Å². The molecule has 1 heterocycles. The van der Waals surface area contributed by atoms with E-state index in [1.807, 2.05) is 6.92 Å². The van der Waals surface area contributed by atoms with E-state index in [0.717, 1.165) is 19.3 Å². The molecule has 0 aliphatic heterocycles. The van der Waals surface area contributed by atoms with Crippen LogP contribution in [-0.2, 0) is 20.3 Å². The van der Waals surface area contributed by atoms with Crippen LogP contribution < -0.4 is 5.32 Å². The highest BCUT2D eigenvalue weighted by atomic mass is 35.7. The van der Waals surface area contributed by atoms with E-state index < -0.39 is 9.05 Å². The maximum absolute atomic E-state index is 12.4. The van der Waals surface area contributed by atoms with E-state index >= 15 is 0 Å². The second kappa shape index (κ2) is 5.98. The molecule has 1 fully saturated rings. The van der Waals surface area contributed by atoms with Gasteiger partial charge in [0.1, 0.15) is 10.6 Å². The Morgan fingerprint density at radius 1 is 1.52 bits per heavy atom. The lowest BCUT2D eigenvalue weighted by molar-refractivity contribution is 0.0838. The molecule has 1 aliphatic carbocycles. The van der Waals surface area contributed by atoms with Gasteiger partial charge < -0.3 is 14.6 Å². The highest BCUT2D eigenvalue weighted by Crippen LogP contribution is 2.31. The number of ether oxygens (including phenoxy) is 1. The van der Waals surface area contributed by atoms with Gasteiger partial charge in [0.05, 0.1) is 6.61 Å². The molecule has 0 aromatic carbocycles. The van der Waals surface area contributed by atoms with Crippen LogP contribution in [0.2, 0.25) is 0 Å². The Bertz CT molecular complexity index is 635. The minimum Gasteiger partial charge on any atom is -0.383 e. The number of aromatic nitrogens is 1. The molecule has 1 aromatic rings. The molecule has 21 heavy (non-hydrogen) atoms. The average molecular weight is 335 g/mol. The molecule has 1 saturated carbocycles. The first-order valence-corrected chi connectivity index (χ1v) is 9.02. The molecule has 1 amide bonds. The van der Waals surface area contributed by atoms with E-state index in [0.29, 0.717) is 13.2 Å². The summed E-state index contributed by atoms with van der Waals surface area (Å²) >= 11 is 0. The molecule has 0 saturated heterocycles. The third-order valence-electron chi connectivity index (χ3n) is 3.79. The number of rotatable bonds is 6. The van der Waals surface area contributed by atoms with E-state index in [4.69, 9.17) is 15.4 Å². The fraction of sp³-hybridized carbons (Fsp3) is 0.615. The summed E-state index contributed by atoms with van der Waals surface area (Å²) in [7, 11) is 3.02. The van der Waals surface area contributed by atoms with E-state index in [9.17, 15) is 13.2 Å². The van der Waals surface area contributed by atoms with Crippen LogP contribution in [0.1, 0.15) is 36.7 Å². The van der Waals surface area contributed by atoms with Gasteiger partial charge >= 0.3 is 0 Å². The average Bonchev–Trinajstić information content (AvgIpc) is 2.78. The van der Waals surface area contributed by atoms with Gasteiger partial charge in [-0.2, -0.15) is 0 Å². The summed E-state index contributed by atoms with van der Waals surface area (Å²) in [6.45, 7) is 2.73. The number of methoxy groups -OCH3 is 1. The topological polar surface area (TPSA) is 77.4 Å². The number of amides is 1.